The summed E-state index contributed by atoms with van der Waals surface area (Å²) in [7, 11) is 0. The Bertz CT molecular complexity index is 1110. The van der Waals surface area contributed by atoms with E-state index in [0.29, 0.717) is 36.8 Å². The number of aryl methyl sites for hydroxylation is 1. The SMILES string of the molecule is CCc1ccc(Oc2ccc(C3(N4CCC5(CC4)CN(CCO)C5)C(=O)NC(=O)NC3=O)cn2)cc1. The van der Waals surface area contributed by atoms with E-state index in [1.165, 1.54) is 11.8 Å². The number of urea groups is 1. The minimum Gasteiger partial charge on any atom is -0.439 e. The second kappa shape index (κ2) is 9.61. The van der Waals surface area contributed by atoms with Gasteiger partial charge in [-0.2, -0.15) is 0 Å². The zero-order chi connectivity index (χ0) is 25.3. The van der Waals surface area contributed by atoms with E-state index in [9.17, 15) is 19.5 Å². The fraction of sp³-hybridized carbons (Fsp3) is 0.462. The van der Waals surface area contributed by atoms with Crippen molar-refractivity contribution in [3.05, 3.63) is 53.7 Å². The normalized spacial score (nSPS) is 21.6. The molecular weight excluding hydrogens is 462 g/mol. The number of aliphatic hydroxyl groups is 1. The lowest BCUT2D eigenvalue weighted by Crippen LogP contribution is -2.73. The topological polar surface area (TPSA) is 124 Å². The van der Waals surface area contributed by atoms with Crippen molar-refractivity contribution in [2.75, 3.05) is 39.3 Å². The number of hydrogen-bond acceptors (Lipinski definition) is 8. The molecule has 2 aromatic rings. The molecule has 5 rings (SSSR count). The number of nitrogens with zero attached hydrogens (tertiary/aromatic N) is 3. The van der Waals surface area contributed by atoms with Crippen molar-refractivity contribution < 1.29 is 24.2 Å². The summed E-state index contributed by atoms with van der Waals surface area (Å²) in [5.41, 5.74) is 0.0132. The minimum atomic E-state index is -1.70. The molecule has 4 amide bonds. The lowest BCUT2D eigenvalue weighted by atomic mass is 9.70. The van der Waals surface area contributed by atoms with Gasteiger partial charge in [-0.05, 0) is 48.4 Å². The molecule has 1 spiro atoms. The van der Waals surface area contributed by atoms with Gasteiger partial charge in [-0.1, -0.05) is 19.1 Å². The highest BCUT2D eigenvalue weighted by atomic mass is 16.5. The third-order valence-electron chi connectivity index (χ3n) is 7.65. The van der Waals surface area contributed by atoms with Crippen LogP contribution in [0.3, 0.4) is 0 Å². The largest absolute Gasteiger partial charge is 0.439 e. The van der Waals surface area contributed by atoms with E-state index in [2.05, 4.69) is 27.4 Å². The zero-order valence-electron chi connectivity index (χ0n) is 20.3. The molecule has 3 aliphatic heterocycles. The Morgan fingerprint density at radius 2 is 1.67 bits per heavy atom. The lowest BCUT2D eigenvalue weighted by molar-refractivity contribution is -0.153. The maximum absolute atomic E-state index is 13.3. The predicted octanol–water partition coefficient (Wildman–Crippen LogP) is 1.39. The first-order chi connectivity index (χ1) is 17.4. The Labute approximate surface area is 209 Å². The van der Waals surface area contributed by atoms with Crippen molar-refractivity contribution >= 4 is 17.8 Å². The molecular formula is C26H31N5O5. The van der Waals surface area contributed by atoms with Crippen LogP contribution in [0.25, 0.3) is 0 Å². The smallest absolute Gasteiger partial charge is 0.328 e. The number of imide groups is 2. The first-order valence-electron chi connectivity index (χ1n) is 12.4. The van der Waals surface area contributed by atoms with Gasteiger partial charge in [0.1, 0.15) is 5.75 Å². The van der Waals surface area contributed by atoms with Crippen LogP contribution in [-0.2, 0) is 21.5 Å². The molecule has 0 bridgehead atoms. The van der Waals surface area contributed by atoms with Crippen molar-refractivity contribution in [2.24, 2.45) is 5.41 Å². The fourth-order valence-corrected chi connectivity index (χ4v) is 5.66. The third kappa shape index (κ3) is 4.25. The average molecular weight is 494 g/mol. The molecule has 190 valence electrons. The van der Waals surface area contributed by atoms with Gasteiger partial charge in [0.25, 0.3) is 11.8 Å². The van der Waals surface area contributed by atoms with Crippen molar-refractivity contribution in [1.29, 1.82) is 0 Å². The first-order valence-corrected chi connectivity index (χ1v) is 12.4. The van der Waals surface area contributed by atoms with Gasteiger partial charge in [-0.3, -0.25) is 30.0 Å². The van der Waals surface area contributed by atoms with Crippen molar-refractivity contribution in [3.63, 3.8) is 0 Å². The monoisotopic (exact) mass is 493 g/mol. The van der Waals surface area contributed by atoms with Gasteiger partial charge in [0, 0.05) is 50.6 Å². The summed E-state index contributed by atoms with van der Waals surface area (Å²) < 4.78 is 5.85. The molecule has 0 atom stereocenters. The molecule has 0 saturated carbocycles. The molecule has 4 heterocycles. The number of amides is 4. The zero-order valence-corrected chi connectivity index (χ0v) is 20.3. The number of β-amino-alcohol motifs (C(OH)–C–C–N with tert-alkyl or cyclic N) is 1. The molecule has 10 nitrogen and oxygen atoms in total. The third-order valence-corrected chi connectivity index (χ3v) is 7.65. The van der Waals surface area contributed by atoms with Crippen LogP contribution in [0, 0.1) is 5.41 Å². The minimum absolute atomic E-state index is 0.133. The first kappa shape index (κ1) is 24.4. The molecule has 0 unspecified atom stereocenters. The molecule has 3 aliphatic rings. The van der Waals surface area contributed by atoms with E-state index >= 15 is 0 Å². The summed E-state index contributed by atoms with van der Waals surface area (Å²) in [5.74, 6) is -0.374. The highest BCUT2D eigenvalue weighted by molar-refractivity contribution is 6.22. The molecule has 0 radical (unpaired) electrons. The van der Waals surface area contributed by atoms with E-state index in [1.807, 2.05) is 29.2 Å². The summed E-state index contributed by atoms with van der Waals surface area (Å²) >= 11 is 0. The number of piperidine rings is 1. The van der Waals surface area contributed by atoms with Gasteiger partial charge in [-0.25, -0.2) is 9.78 Å². The summed E-state index contributed by atoms with van der Waals surface area (Å²) in [6.07, 6.45) is 4.03. The molecule has 1 aromatic heterocycles. The molecule has 10 heteroatoms. The summed E-state index contributed by atoms with van der Waals surface area (Å²) in [4.78, 5) is 47.0. The van der Waals surface area contributed by atoms with Crippen LogP contribution in [0.4, 0.5) is 4.79 Å². The van der Waals surface area contributed by atoms with Gasteiger partial charge in [0.15, 0.2) is 0 Å². The molecule has 0 aliphatic carbocycles. The van der Waals surface area contributed by atoms with E-state index < -0.39 is 23.4 Å². The fourth-order valence-electron chi connectivity index (χ4n) is 5.66. The standard InChI is InChI=1S/C26H31N5O5/c1-2-18-3-6-20(7-4-18)36-21-8-5-19(15-27-21)26(22(33)28-24(35)29-23(26)34)31-11-9-25(10-12-31)16-30(17-25)13-14-32/h3-8,15,32H,2,9-14,16-17H2,1H3,(H2,28,29,33,34,35). The molecule has 1 aromatic carbocycles. The molecule has 3 fully saturated rings. The predicted molar refractivity (Wildman–Crippen MR) is 130 cm³/mol. The van der Waals surface area contributed by atoms with Crippen LogP contribution < -0.4 is 15.4 Å². The Balaban J connectivity index is 1.38. The number of hydrogen-bond donors (Lipinski definition) is 3. The number of likely N-dealkylation sites (tertiary alicyclic amines) is 2. The number of rotatable bonds is 7. The number of aliphatic hydroxyl groups excluding tert-OH is 1. The van der Waals surface area contributed by atoms with Crippen LogP contribution >= 0.6 is 0 Å². The maximum atomic E-state index is 13.3. The van der Waals surface area contributed by atoms with Gasteiger partial charge in [0.2, 0.25) is 11.4 Å². The van der Waals surface area contributed by atoms with Crippen LogP contribution in [0.15, 0.2) is 42.6 Å². The maximum Gasteiger partial charge on any atom is 0.328 e. The second-order valence-corrected chi connectivity index (χ2v) is 9.85. The van der Waals surface area contributed by atoms with Crippen molar-refractivity contribution in [1.82, 2.24) is 25.4 Å². The van der Waals surface area contributed by atoms with Gasteiger partial charge >= 0.3 is 6.03 Å². The lowest BCUT2D eigenvalue weighted by Gasteiger charge is -2.56. The molecule has 3 saturated heterocycles. The van der Waals surface area contributed by atoms with Gasteiger partial charge in [0.05, 0.1) is 6.61 Å². The molecule has 3 N–H and O–H groups in total. The number of pyridine rings is 1. The van der Waals surface area contributed by atoms with Crippen molar-refractivity contribution in [2.45, 2.75) is 31.7 Å². The quantitative estimate of drug-likeness (QED) is 0.495. The number of aromatic nitrogens is 1. The van der Waals surface area contributed by atoms with E-state index in [0.717, 1.165) is 32.4 Å². The number of barbiturate groups is 1. The van der Waals surface area contributed by atoms with Crippen LogP contribution in [-0.4, -0.2) is 77.1 Å². The summed E-state index contributed by atoms with van der Waals surface area (Å²) in [6.45, 7) is 5.71. The van der Waals surface area contributed by atoms with E-state index in [1.54, 1.807) is 12.1 Å². The Hall–Kier alpha value is -3.34. The van der Waals surface area contributed by atoms with E-state index in [4.69, 9.17) is 4.74 Å². The Morgan fingerprint density at radius 1 is 1.00 bits per heavy atom. The van der Waals surface area contributed by atoms with Gasteiger partial charge < -0.3 is 9.84 Å². The Kier molecular flexibility index (Phi) is 6.50. The highest BCUT2D eigenvalue weighted by Gasteiger charge is 2.58. The van der Waals surface area contributed by atoms with Crippen LogP contribution in [0.2, 0.25) is 0 Å². The Morgan fingerprint density at radius 3 is 2.22 bits per heavy atom. The highest BCUT2D eigenvalue weighted by Crippen LogP contribution is 2.44. The summed E-state index contributed by atoms with van der Waals surface area (Å²) in [6, 6.07) is 10.2. The number of benzene rings is 1. The van der Waals surface area contributed by atoms with Crippen molar-refractivity contribution in [3.8, 4) is 11.6 Å². The average Bonchev–Trinajstić information content (AvgIpc) is 2.85. The van der Waals surface area contributed by atoms with Crippen LogP contribution in [0.5, 0.6) is 11.6 Å². The van der Waals surface area contributed by atoms with E-state index in [-0.39, 0.29) is 12.0 Å². The summed E-state index contributed by atoms with van der Waals surface area (Å²) in [5, 5.41) is 13.8. The number of nitrogens with one attached hydrogen (secondary N) is 2. The number of carbonyl (C=O) groups is 3. The molecule has 36 heavy (non-hydrogen) atoms. The number of ether oxygens (including phenoxy) is 1. The van der Waals surface area contributed by atoms with Crippen LogP contribution in [0.1, 0.15) is 30.9 Å². The second-order valence-electron chi connectivity index (χ2n) is 9.85. The van der Waals surface area contributed by atoms with Gasteiger partial charge in [-0.15, -0.1) is 0 Å². The number of carbonyl (C=O) groups excluding carboxylic acids is 3.